The van der Waals surface area contributed by atoms with E-state index in [1.807, 2.05) is 13.0 Å². The molecule has 2 aliphatic heterocycles. The van der Waals surface area contributed by atoms with Gasteiger partial charge in [0.25, 0.3) is 0 Å². The van der Waals surface area contributed by atoms with Crippen molar-refractivity contribution in [2.24, 2.45) is 0 Å². The summed E-state index contributed by atoms with van der Waals surface area (Å²) in [4.78, 5) is 23.7. The van der Waals surface area contributed by atoms with Crippen molar-refractivity contribution in [2.45, 2.75) is 12.1 Å². The number of carbonyl (C=O) groups is 1. The lowest BCUT2D eigenvalue weighted by molar-refractivity contribution is 0.102. The van der Waals surface area contributed by atoms with Crippen molar-refractivity contribution in [3.63, 3.8) is 0 Å². The Morgan fingerprint density at radius 2 is 1.96 bits per heavy atom. The SMILES string of the molecule is Cc1cc(N2CCOCC2)nc(SCC(=O)c2ccc3c(c2)OCO3)n1. The number of ether oxygens (including phenoxy) is 3. The van der Waals surface area contributed by atoms with E-state index in [1.165, 1.54) is 11.8 Å². The van der Waals surface area contributed by atoms with Gasteiger partial charge in [-0.25, -0.2) is 9.97 Å². The van der Waals surface area contributed by atoms with Gasteiger partial charge in [0.05, 0.1) is 19.0 Å². The third-order valence-corrected chi connectivity index (χ3v) is 5.03. The molecule has 4 rings (SSSR count). The third-order valence-electron chi connectivity index (χ3n) is 4.18. The number of ketones is 1. The molecule has 0 amide bonds. The highest BCUT2D eigenvalue weighted by atomic mass is 32.2. The zero-order valence-electron chi connectivity index (χ0n) is 14.4. The van der Waals surface area contributed by atoms with Gasteiger partial charge in [-0.05, 0) is 25.1 Å². The number of aryl methyl sites for hydroxylation is 1. The fourth-order valence-electron chi connectivity index (χ4n) is 2.83. The normalized spacial score (nSPS) is 16.0. The number of thioether (sulfide) groups is 1. The van der Waals surface area contributed by atoms with Crippen LogP contribution in [0.1, 0.15) is 16.1 Å². The highest BCUT2D eigenvalue weighted by Crippen LogP contribution is 2.33. The molecule has 0 radical (unpaired) electrons. The molecule has 0 atom stereocenters. The van der Waals surface area contributed by atoms with E-state index >= 15 is 0 Å². The van der Waals surface area contributed by atoms with E-state index in [9.17, 15) is 4.79 Å². The monoisotopic (exact) mass is 373 g/mol. The number of aromatic nitrogens is 2. The Morgan fingerprint density at radius 3 is 2.81 bits per heavy atom. The highest BCUT2D eigenvalue weighted by Gasteiger charge is 2.18. The summed E-state index contributed by atoms with van der Waals surface area (Å²) in [6, 6.07) is 7.21. The van der Waals surface area contributed by atoms with Gasteiger partial charge in [0.15, 0.2) is 22.4 Å². The Morgan fingerprint density at radius 1 is 1.15 bits per heavy atom. The lowest BCUT2D eigenvalue weighted by Gasteiger charge is -2.28. The molecule has 26 heavy (non-hydrogen) atoms. The number of anilines is 1. The van der Waals surface area contributed by atoms with Crippen LogP contribution in [0.25, 0.3) is 0 Å². The van der Waals surface area contributed by atoms with E-state index in [0.717, 1.165) is 24.6 Å². The number of carbonyl (C=O) groups excluding carboxylic acids is 1. The van der Waals surface area contributed by atoms with Gasteiger partial charge < -0.3 is 19.1 Å². The predicted molar refractivity (Wildman–Crippen MR) is 97.4 cm³/mol. The van der Waals surface area contributed by atoms with E-state index in [0.29, 0.717) is 35.4 Å². The molecule has 0 spiro atoms. The molecule has 1 aromatic heterocycles. The van der Waals surface area contributed by atoms with Crippen LogP contribution < -0.4 is 14.4 Å². The standard InChI is InChI=1S/C18H19N3O4S/c1-12-8-17(21-4-6-23-7-5-21)20-18(19-12)26-10-14(22)13-2-3-15-16(9-13)25-11-24-15/h2-3,8-9H,4-7,10-11H2,1H3. The molecule has 3 heterocycles. The van der Waals surface area contributed by atoms with E-state index in [1.54, 1.807) is 18.2 Å². The van der Waals surface area contributed by atoms with Crippen molar-refractivity contribution < 1.29 is 19.0 Å². The van der Waals surface area contributed by atoms with E-state index in [2.05, 4.69) is 14.9 Å². The van der Waals surface area contributed by atoms with Gasteiger partial charge in [-0.15, -0.1) is 0 Å². The number of benzene rings is 1. The van der Waals surface area contributed by atoms with Gasteiger partial charge in [-0.3, -0.25) is 4.79 Å². The van der Waals surface area contributed by atoms with Crippen molar-refractivity contribution >= 4 is 23.4 Å². The van der Waals surface area contributed by atoms with Gasteiger partial charge in [0.1, 0.15) is 5.82 Å². The highest BCUT2D eigenvalue weighted by molar-refractivity contribution is 7.99. The predicted octanol–water partition coefficient (Wildman–Crippen LogP) is 2.33. The summed E-state index contributed by atoms with van der Waals surface area (Å²) in [5, 5.41) is 0.612. The topological polar surface area (TPSA) is 73.8 Å². The van der Waals surface area contributed by atoms with Crippen LogP contribution in [0, 0.1) is 6.92 Å². The second kappa shape index (κ2) is 7.51. The minimum absolute atomic E-state index is 0.00586. The number of morpholine rings is 1. The number of rotatable bonds is 5. The van der Waals surface area contributed by atoms with Crippen molar-refractivity contribution in [3.8, 4) is 11.5 Å². The number of nitrogens with zero attached hydrogens (tertiary/aromatic N) is 3. The molecule has 0 bridgehead atoms. The van der Waals surface area contributed by atoms with Crippen LogP contribution in [-0.4, -0.2) is 54.6 Å². The first-order valence-corrected chi connectivity index (χ1v) is 9.41. The van der Waals surface area contributed by atoms with Gasteiger partial charge in [0, 0.05) is 30.4 Å². The molecule has 136 valence electrons. The fraction of sp³-hybridized carbons (Fsp3) is 0.389. The second-order valence-corrected chi connectivity index (χ2v) is 6.97. The molecule has 1 aromatic carbocycles. The average Bonchev–Trinajstić information content (AvgIpc) is 3.14. The number of hydrogen-bond donors (Lipinski definition) is 0. The molecule has 7 nitrogen and oxygen atoms in total. The Labute approximate surface area is 155 Å². The molecule has 1 fully saturated rings. The van der Waals surface area contributed by atoms with Crippen molar-refractivity contribution in [3.05, 3.63) is 35.5 Å². The van der Waals surface area contributed by atoms with E-state index < -0.39 is 0 Å². The second-order valence-electron chi connectivity index (χ2n) is 6.03. The average molecular weight is 373 g/mol. The minimum Gasteiger partial charge on any atom is -0.454 e. The van der Waals surface area contributed by atoms with Crippen LogP contribution in [-0.2, 0) is 4.74 Å². The van der Waals surface area contributed by atoms with Crippen LogP contribution in [0.3, 0.4) is 0 Å². The first-order chi connectivity index (χ1) is 12.7. The van der Waals surface area contributed by atoms with Crippen LogP contribution in [0.4, 0.5) is 5.82 Å². The summed E-state index contributed by atoms with van der Waals surface area (Å²) in [6.45, 7) is 5.17. The number of Topliss-reactive ketones (excluding diaryl/α,β-unsaturated/α-hetero) is 1. The van der Waals surface area contributed by atoms with E-state index in [-0.39, 0.29) is 18.3 Å². The van der Waals surface area contributed by atoms with Crippen LogP contribution in [0.5, 0.6) is 11.5 Å². The molecule has 0 N–H and O–H groups in total. The van der Waals surface area contributed by atoms with Crippen molar-refractivity contribution in [1.29, 1.82) is 0 Å². The summed E-state index contributed by atoms with van der Waals surface area (Å²) >= 11 is 1.35. The lowest BCUT2D eigenvalue weighted by atomic mass is 10.1. The Balaban J connectivity index is 1.44. The molecular weight excluding hydrogens is 354 g/mol. The third kappa shape index (κ3) is 3.76. The summed E-state index contributed by atoms with van der Waals surface area (Å²) in [7, 11) is 0. The maximum absolute atomic E-state index is 12.5. The summed E-state index contributed by atoms with van der Waals surface area (Å²) in [6.07, 6.45) is 0. The van der Waals surface area contributed by atoms with Gasteiger partial charge in [0.2, 0.25) is 6.79 Å². The molecular formula is C18H19N3O4S. The minimum atomic E-state index is 0.00586. The molecule has 1 saturated heterocycles. The molecule has 0 aliphatic carbocycles. The smallest absolute Gasteiger partial charge is 0.231 e. The van der Waals surface area contributed by atoms with Gasteiger partial charge in [-0.1, -0.05) is 11.8 Å². The van der Waals surface area contributed by atoms with Crippen LogP contribution in [0.15, 0.2) is 29.4 Å². The summed E-state index contributed by atoms with van der Waals surface area (Å²) < 4.78 is 16.0. The molecule has 2 aliphatic rings. The quantitative estimate of drug-likeness (QED) is 0.449. The van der Waals surface area contributed by atoms with Crippen molar-refractivity contribution in [2.75, 3.05) is 43.7 Å². The Bertz CT molecular complexity index is 824. The molecule has 0 unspecified atom stereocenters. The number of fused-ring (bicyclic) bond motifs is 1. The zero-order valence-corrected chi connectivity index (χ0v) is 15.3. The summed E-state index contributed by atoms with van der Waals surface area (Å²) in [5.41, 5.74) is 1.49. The lowest BCUT2D eigenvalue weighted by Crippen LogP contribution is -2.36. The van der Waals surface area contributed by atoms with Crippen LogP contribution >= 0.6 is 11.8 Å². The number of hydrogen-bond acceptors (Lipinski definition) is 8. The largest absolute Gasteiger partial charge is 0.454 e. The maximum Gasteiger partial charge on any atom is 0.231 e. The summed E-state index contributed by atoms with van der Waals surface area (Å²) in [5.74, 6) is 2.45. The van der Waals surface area contributed by atoms with E-state index in [4.69, 9.17) is 14.2 Å². The van der Waals surface area contributed by atoms with Crippen molar-refractivity contribution in [1.82, 2.24) is 9.97 Å². The fourth-order valence-corrected chi connectivity index (χ4v) is 3.62. The molecule has 0 saturated carbocycles. The van der Waals surface area contributed by atoms with Gasteiger partial charge >= 0.3 is 0 Å². The maximum atomic E-state index is 12.5. The Hall–Kier alpha value is -2.32. The van der Waals surface area contributed by atoms with Crippen LogP contribution in [0.2, 0.25) is 0 Å². The molecule has 8 heteroatoms. The first kappa shape index (κ1) is 17.1. The molecule has 2 aromatic rings. The Kier molecular flexibility index (Phi) is 4.94. The van der Waals surface area contributed by atoms with Gasteiger partial charge in [-0.2, -0.15) is 0 Å². The zero-order chi connectivity index (χ0) is 17.9. The first-order valence-electron chi connectivity index (χ1n) is 8.43.